The second-order valence-corrected chi connectivity index (χ2v) is 6.92. The number of aromatic nitrogens is 6. The Kier molecular flexibility index (Phi) is 4.44. The molecule has 0 unspecified atom stereocenters. The molecule has 0 spiro atoms. The van der Waals surface area contributed by atoms with Crippen molar-refractivity contribution < 1.29 is 4.74 Å². The molecule has 0 fully saturated rings. The maximum Gasteiger partial charge on any atom is 0.329 e. The van der Waals surface area contributed by atoms with Gasteiger partial charge in [0.2, 0.25) is 5.78 Å². The number of rotatable bonds is 5. The quantitative estimate of drug-likeness (QED) is 0.482. The average Bonchev–Trinajstić information content (AvgIpc) is 3.20. The van der Waals surface area contributed by atoms with Crippen LogP contribution in [-0.4, -0.2) is 41.9 Å². The number of nitrogens with zero attached hydrogens (tertiary/aromatic N) is 5. The minimum Gasteiger partial charge on any atom is -0.380 e. The highest BCUT2D eigenvalue weighted by molar-refractivity contribution is 9.10. The lowest BCUT2D eigenvalue weighted by Gasteiger charge is -2.05. The van der Waals surface area contributed by atoms with E-state index in [0.29, 0.717) is 42.5 Å². The molecule has 140 valence electrons. The van der Waals surface area contributed by atoms with Crippen LogP contribution in [0.25, 0.3) is 28.3 Å². The molecule has 0 atom stereocenters. The first-order chi connectivity index (χ1) is 13.0. The largest absolute Gasteiger partial charge is 0.380 e. The summed E-state index contributed by atoms with van der Waals surface area (Å²) in [6, 6.07) is 7.59. The maximum atomic E-state index is 12.6. The SMILES string of the molecule is CCOCCn1c2c(=O)[nH]c(=O)n(C)c2n2c(-c3ccc(Br)cc3)nnc12. The van der Waals surface area contributed by atoms with Gasteiger partial charge in [0.15, 0.2) is 17.0 Å². The molecule has 0 aliphatic rings. The Balaban J connectivity index is 2.08. The van der Waals surface area contributed by atoms with Crippen molar-refractivity contribution in [2.75, 3.05) is 13.2 Å². The van der Waals surface area contributed by atoms with Crippen LogP contribution in [0.2, 0.25) is 0 Å². The van der Waals surface area contributed by atoms with Crippen molar-refractivity contribution >= 4 is 32.9 Å². The van der Waals surface area contributed by atoms with E-state index < -0.39 is 11.2 Å². The molecule has 0 aliphatic carbocycles. The van der Waals surface area contributed by atoms with Gasteiger partial charge >= 0.3 is 5.69 Å². The van der Waals surface area contributed by atoms with Gasteiger partial charge in [-0.3, -0.25) is 14.3 Å². The molecule has 3 aromatic heterocycles. The summed E-state index contributed by atoms with van der Waals surface area (Å²) in [4.78, 5) is 27.1. The molecular weight excluding hydrogens is 416 g/mol. The van der Waals surface area contributed by atoms with Crippen molar-refractivity contribution in [3.05, 3.63) is 49.6 Å². The number of aromatic amines is 1. The third-order valence-electron chi connectivity index (χ3n) is 4.40. The number of halogens is 1. The van der Waals surface area contributed by atoms with E-state index in [9.17, 15) is 9.59 Å². The van der Waals surface area contributed by atoms with Gasteiger partial charge in [-0.1, -0.05) is 28.1 Å². The fourth-order valence-corrected chi connectivity index (χ4v) is 3.40. The molecule has 1 aromatic carbocycles. The van der Waals surface area contributed by atoms with Gasteiger partial charge in [-0.05, 0) is 19.1 Å². The van der Waals surface area contributed by atoms with Crippen LogP contribution in [0.5, 0.6) is 0 Å². The summed E-state index contributed by atoms with van der Waals surface area (Å²) < 4.78 is 11.2. The smallest absolute Gasteiger partial charge is 0.329 e. The number of H-pyrrole nitrogens is 1. The van der Waals surface area contributed by atoms with Crippen molar-refractivity contribution in [2.24, 2.45) is 7.05 Å². The fourth-order valence-electron chi connectivity index (χ4n) is 3.14. The Morgan fingerprint density at radius 1 is 1.19 bits per heavy atom. The summed E-state index contributed by atoms with van der Waals surface area (Å²) in [5.74, 6) is 1.03. The van der Waals surface area contributed by atoms with Crippen molar-refractivity contribution in [2.45, 2.75) is 13.5 Å². The normalized spacial score (nSPS) is 11.7. The van der Waals surface area contributed by atoms with E-state index >= 15 is 0 Å². The van der Waals surface area contributed by atoms with Gasteiger partial charge in [0, 0.05) is 30.2 Å². The average molecular weight is 433 g/mol. The van der Waals surface area contributed by atoms with Crippen LogP contribution in [0, 0.1) is 0 Å². The Bertz CT molecular complexity index is 1250. The lowest BCUT2D eigenvalue weighted by molar-refractivity contribution is 0.140. The molecule has 3 heterocycles. The second-order valence-electron chi connectivity index (χ2n) is 6.00. The number of benzene rings is 1. The molecule has 0 amide bonds. The van der Waals surface area contributed by atoms with Gasteiger partial charge in [-0.25, -0.2) is 9.20 Å². The molecule has 0 bridgehead atoms. The number of ether oxygens (including phenoxy) is 1. The van der Waals surface area contributed by atoms with Crippen molar-refractivity contribution in [1.82, 2.24) is 28.7 Å². The second kappa shape index (κ2) is 6.78. The number of imidazole rings is 1. The molecule has 4 rings (SSSR count). The molecule has 0 saturated heterocycles. The lowest BCUT2D eigenvalue weighted by atomic mass is 10.2. The van der Waals surface area contributed by atoms with E-state index in [2.05, 4.69) is 31.1 Å². The van der Waals surface area contributed by atoms with Gasteiger partial charge < -0.3 is 9.30 Å². The number of hydrogen-bond acceptors (Lipinski definition) is 5. The molecule has 9 nitrogen and oxygen atoms in total. The molecule has 1 N–H and O–H groups in total. The molecule has 0 aliphatic heterocycles. The fraction of sp³-hybridized carbons (Fsp3) is 0.294. The van der Waals surface area contributed by atoms with Crippen molar-refractivity contribution in [3.63, 3.8) is 0 Å². The predicted molar refractivity (Wildman–Crippen MR) is 104 cm³/mol. The van der Waals surface area contributed by atoms with Crippen LogP contribution >= 0.6 is 15.9 Å². The molecular formula is C17H17BrN6O3. The van der Waals surface area contributed by atoms with Gasteiger partial charge in [-0.15, -0.1) is 10.2 Å². The zero-order chi connectivity index (χ0) is 19.1. The Morgan fingerprint density at radius 3 is 2.63 bits per heavy atom. The summed E-state index contributed by atoms with van der Waals surface area (Å²) in [6.07, 6.45) is 0. The van der Waals surface area contributed by atoms with Crippen LogP contribution in [0.15, 0.2) is 38.3 Å². The highest BCUT2D eigenvalue weighted by atomic mass is 79.9. The van der Waals surface area contributed by atoms with Gasteiger partial charge in [0.05, 0.1) is 6.61 Å². The minimum absolute atomic E-state index is 0.361. The van der Waals surface area contributed by atoms with Crippen molar-refractivity contribution in [3.8, 4) is 11.4 Å². The zero-order valence-corrected chi connectivity index (χ0v) is 16.4. The van der Waals surface area contributed by atoms with E-state index in [-0.39, 0.29) is 0 Å². The predicted octanol–water partition coefficient (Wildman–Crippen LogP) is 1.54. The highest BCUT2D eigenvalue weighted by Gasteiger charge is 2.22. The lowest BCUT2D eigenvalue weighted by Crippen LogP contribution is -2.29. The van der Waals surface area contributed by atoms with Crippen LogP contribution in [0.4, 0.5) is 0 Å². The van der Waals surface area contributed by atoms with Crippen LogP contribution < -0.4 is 11.2 Å². The maximum absolute atomic E-state index is 12.6. The minimum atomic E-state index is -0.494. The van der Waals surface area contributed by atoms with Gasteiger partial charge in [0.25, 0.3) is 5.56 Å². The Labute approximate surface area is 161 Å². The summed E-state index contributed by atoms with van der Waals surface area (Å²) >= 11 is 3.42. The van der Waals surface area contributed by atoms with Crippen molar-refractivity contribution in [1.29, 1.82) is 0 Å². The zero-order valence-electron chi connectivity index (χ0n) is 14.8. The van der Waals surface area contributed by atoms with E-state index in [1.165, 1.54) is 4.57 Å². The van der Waals surface area contributed by atoms with Gasteiger partial charge in [-0.2, -0.15) is 0 Å². The molecule has 4 aromatic rings. The van der Waals surface area contributed by atoms with Crippen LogP contribution in [0.3, 0.4) is 0 Å². The van der Waals surface area contributed by atoms with Crippen LogP contribution in [0.1, 0.15) is 6.92 Å². The monoisotopic (exact) mass is 432 g/mol. The number of aryl methyl sites for hydroxylation is 1. The first-order valence-electron chi connectivity index (χ1n) is 8.43. The standard InChI is InChI=1S/C17H17BrN6O3/c1-3-27-9-8-23-12-14(25)19-17(26)22(2)15(12)24-13(20-21-16(23)24)10-4-6-11(18)7-5-10/h4-7H,3,8-9H2,1-2H3,(H,19,25,26). The Hall–Kier alpha value is -2.72. The topological polar surface area (TPSA) is 99.2 Å². The van der Waals surface area contributed by atoms with E-state index in [4.69, 9.17) is 4.74 Å². The number of nitrogens with one attached hydrogen (secondary N) is 1. The third kappa shape index (κ3) is 2.81. The van der Waals surface area contributed by atoms with Crippen LogP contribution in [-0.2, 0) is 18.3 Å². The molecule has 0 radical (unpaired) electrons. The number of hydrogen-bond donors (Lipinski definition) is 1. The summed E-state index contributed by atoms with van der Waals surface area (Å²) in [6.45, 7) is 3.31. The number of fused-ring (bicyclic) bond motifs is 3. The highest BCUT2D eigenvalue weighted by Crippen LogP contribution is 2.25. The first-order valence-corrected chi connectivity index (χ1v) is 9.22. The first kappa shape index (κ1) is 17.7. The summed E-state index contributed by atoms with van der Waals surface area (Å²) in [7, 11) is 1.61. The third-order valence-corrected chi connectivity index (χ3v) is 4.93. The Morgan fingerprint density at radius 2 is 1.93 bits per heavy atom. The molecule has 0 saturated carbocycles. The van der Waals surface area contributed by atoms with E-state index in [0.717, 1.165) is 10.0 Å². The van der Waals surface area contributed by atoms with E-state index in [1.807, 2.05) is 31.2 Å². The summed E-state index contributed by atoms with van der Waals surface area (Å²) in [5, 5.41) is 8.59. The van der Waals surface area contributed by atoms with E-state index in [1.54, 1.807) is 16.0 Å². The van der Waals surface area contributed by atoms with Gasteiger partial charge in [0.1, 0.15) is 0 Å². The molecule has 10 heteroatoms. The molecule has 27 heavy (non-hydrogen) atoms. The summed E-state index contributed by atoms with van der Waals surface area (Å²) in [5.41, 5.74) is 0.671.